The van der Waals surface area contributed by atoms with Crippen molar-refractivity contribution in [3.63, 3.8) is 0 Å². The lowest BCUT2D eigenvalue weighted by Crippen LogP contribution is -2.33. The van der Waals surface area contributed by atoms with Crippen LogP contribution in [0.1, 0.15) is 55.6 Å². The highest BCUT2D eigenvalue weighted by molar-refractivity contribution is 5.81. The van der Waals surface area contributed by atoms with E-state index < -0.39 is 0 Å². The molecule has 1 aliphatic heterocycles. The Bertz CT molecular complexity index is 654. The molecule has 0 aliphatic carbocycles. The number of hydrogen-bond donors (Lipinski definition) is 0. The Labute approximate surface area is 132 Å². The smallest absolute Gasteiger partial charge is 0.160 e. The fourth-order valence-corrected chi connectivity index (χ4v) is 3.23. The van der Waals surface area contributed by atoms with E-state index in [4.69, 9.17) is 0 Å². The number of imidazole rings is 1. The second-order valence-corrected chi connectivity index (χ2v) is 6.49. The van der Waals surface area contributed by atoms with Gasteiger partial charge in [-0.25, -0.2) is 4.98 Å². The van der Waals surface area contributed by atoms with E-state index in [1.807, 2.05) is 18.5 Å². The third-order valence-electron chi connectivity index (χ3n) is 4.73. The van der Waals surface area contributed by atoms with Crippen molar-refractivity contribution < 1.29 is 4.79 Å². The van der Waals surface area contributed by atoms with Gasteiger partial charge in [0.2, 0.25) is 0 Å². The minimum absolute atomic E-state index is 0.733. The molecule has 0 spiro atoms. The van der Waals surface area contributed by atoms with Gasteiger partial charge in [0.15, 0.2) is 11.9 Å². The highest BCUT2D eigenvalue weighted by atomic mass is 16.1. The molecule has 0 saturated carbocycles. The van der Waals surface area contributed by atoms with Crippen LogP contribution in [0.15, 0.2) is 18.5 Å². The van der Waals surface area contributed by atoms with Crippen LogP contribution >= 0.6 is 0 Å². The van der Waals surface area contributed by atoms with E-state index in [1.54, 1.807) is 0 Å². The molecular formula is C18H25N3O. The van der Waals surface area contributed by atoms with Gasteiger partial charge in [-0.05, 0) is 37.7 Å². The number of carbonyl (C=O) groups excluding carboxylic acids is 1. The number of hydrogen-bond acceptors (Lipinski definition) is 3. The van der Waals surface area contributed by atoms with E-state index in [0.717, 1.165) is 61.5 Å². The van der Waals surface area contributed by atoms with Crippen LogP contribution in [-0.2, 0) is 6.42 Å². The molecule has 1 saturated heterocycles. The maximum Gasteiger partial charge on any atom is 0.160 e. The number of anilines is 1. The van der Waals surface area contributed by atoms with Gasteiger partial charge in [0.25, 0.3) is 0 Å². The van der Waals surface area contributed by atoms with Gasteiger partial charge in [0, 0.05) is 36.7 Å². The average Bonchev–Trinajstić information content (AvgIpc) is 2.95. The van der Waals surface area contributed by atoms with Gasteiger partial charge < -0.3 is 9.30 Å². The predicted octanol–water partition coefficient (Wildman–Crippen LogP) is 3.73. The van der Waals surface area contributed by atoms with E-state index in [-0.39, 0.29) is 0 Å². The number of aryl methyl sites for hydroxylation is 1. The van der Waals surface area contributed by atoms with E-state index in [0.29, 0.717) is 0 Å². The van der Waals surface area contributed by atoms with Crippen LogP contribution in [-0.4, -0.2) is 28.8 Å². The number of aromatic nitrogens is 2. The summed E-state index contributed by atoms with van der Waals surface area (Å²) >= 11 is 0. The van der Waals surface area contributed by atoms with Crippen molar-refractivity contribution in [1.82, 2.24) is 9.38 Å². The van der Waals surface area contributed by atoms with Crippen LogP contribution in [0.25, 0.3) is 5.65 Å². The van der Waals surface area contributed by atoms with Crippen molar-refractivity contribution in [3.8, 4) is 0 Å². The molecule has 0 aromatic carbocycles. The second kappa shape index (κ2) is 6.51. The van der Waals surface area contributed by atoms with Crippen molar-refractivity contribution in [1.29, 1.82) is 0 Å². The summed E-state index contributed by atoms with van der Waals surface area (Å²) in [7, 11) is 0. The minimum Gasteiger partial charge on any atom is -0.368 e. The summed E-state index contributed by atoms with van der Waals surface area (Å²) < 4.78 is 2.12. The van der Waals surface area contributed by atoms with Crippen LogP contribution in [0.3, 0.4) is 0 Å². The van der Waals surface area contributed by atoms with Crippen molar-refractivity contribution in [3.05, 3.63) is 29.7 Å². The number of unbranched alkanes of at least 4 members (excludes halogenated alkanes) is 1. The van der Waals surface area contributed by atoms with Crippen molar-refractivity contribution in [2.45, 2.75) is 46.0 Å². The standard InChI is InChI=1S/C18H25N3O/c1-3-4-5-16-11-19-18-17(10-15(13-22)12-21(16)18)20-8-6-14(2)7-9-20/h10-14H,3-9H2,1-2H3. The van der Waals surface area contributed by atoms with Gasteiger partial charge in [0.05, 0.1) is 5.69 Å². The summed E-state index contributed by atoms with van der Waals surface area (Å²) in [4.78, 5) is 18.4. The largest absolute Gasteiger partial charge is 0.368 e. The first-order chi connectivity index (χ1) is 10.7. The van der Waals surface area contributed by atoms with Gasteiger partial charge in [-0.15, -0.1) is 0 Å². The number of pyridine rings is 1. The Balaban J connectivity index is 2.01. The summed E-state index contributed by atoms with van der Waals surface area (Å²) in [5, 5.41) is 0. The lowest BCUT2D eigenvalue weighted by molar-refractivity contribution is 0.112. The third kappa shape index (κ3) is 2.87. The van der Waals surface area contributed by atoms with Crippen LogP contribution in [0, 0.1) is 5.92 Å². The third-order valence-corrected chi connectivity index (χ3v) is 4.73. The molecule has 118 valence electrons. The number of fused-ring (bicyclic) bond motifs is 1. The van der Waals surface area contributed by atoms with Crippen LogP contribution in [0.2, 0.25) is 0 Å². The Kier molecular flexibility index (Phi) is 4.46. The molecule has 0 N–H and O–H groups in total. The Hall–Kier alpha value is -1.84. The van der Waals surface area contributed by atoms with Gasteiger partial charge in [-0.2, -0.15) is 0 Å². The zero-order valence-electron chi connectivity index (χ0n) is 13.6. The zero-order valence-corrected chi connectivity index (χ0v) is 13.6. The highest BCUT2D eigenvalue weighted by Crippen LogP contribution is 2.28. The van der Waals surface area contributed by atoms with Crippen LogP contribution in [0.4, 0.5) is 5.69 Å². The summed E-state index contributed by atoms with van der Waals surface area (Å²) in [6, 6.07) is 1.99. The molecule has 4 nitrogen and oxygen atoms in total. The van der Waals surface area contributed by atoms with E-state index in [1.165, 1.54) is 18.5 Å². The van der Waals surface area contributed by atoms with E-state index in [2.05, 4.69) is 28.1 Å². The van der Waals surface area contributed by atoms with Gasteiger partial charge >= 0.3 is 0 Å². The highest BCUT2D eigenvalue weighted by Gasteiger charge is 2.20. The van der Waals surface area contributed by atoms with Crippen molar-refractivity contribution >= 4 is 17.6 Å². The molecule has 3 heterocycles. The molecule has 2 aromatic heterocycles. The van der Waals surface area contributed by atoms with Gasteiger partial charge in [-0.1, -0.05) is 20.3 Å². The predicted molar refractivity (Wildman–Crippen MR) is 89.8 cm³/mol. The first-order valence-electron chi connectivity index (χ1n) is 8.43. The molecule has 0 atom stereocenters. The van der Waals surface area contributed by atoms with Crippen molar-refractivity contribution in [2.24, 2.45) is 5.92 Å². The molecule has 0 bridgehead atoms. The number of carbonyl (C=O) groups is 1. The Morgan fingerprint density at radius 2 is 2.14 bits per heavy atom. The lowest BCUT2D eigenvalue weighted by atomic mass is 9.99. The minimum atomic E-state index is 0.733. The molecule has 3 rings (SSSR count). The average molecular weight is 299 g/mol. The molecular weight excluding hydrogens is 274 g/mol. The number of aldehydes is 1. The fourth-order valence-electron chi connectivity index (χ4n) is 3.23. The summed E-state index contributed by atoms with van der Waals surface area (Å²) in [6.07, 6.45) is 10.6. The summed E-state index contributed by atoms with van der Waals surface area (Å²) in [6.45, 7) is 6.61. The van der Waals surface area contributed by atoms with Crippen LogP contribution < -0.4 is 4.90 Å². The maximum atomic E-state index is 11.3. The normalized spacial score (nSPS) is 16.4. The van der Waals surface area contributed by atoms with Gasteiger partial charge in [-0.3, -0.25) is 4.79 Å². The van der Waals surface area contributed by atoms with Crippen LogP contribution in [0.5, 0.6) is 0 Å². The second-order valence-electron chi connectivity index (χ2n) is 6.49. The molecule has 0 unspecified atom stereocenters. The quantitative estimate of drug-likeness (QED) is 0.790. The first kappa shape index (κ1) is 15.1. The number of rotatable bonds is 5. The summed E-state index contributed by atoms with van der Waals surface area (Å²) in [5.74, 6) is 0.793. The topological polar surface area (TPSA) is 37.6 Å². The fraction of sp³-hybridized carbons (Fsp3) is 0.556. The molecule has 1 fully saturated rings. The van der Waals surface area contributed by atoms with Crippen molar-refractivity contribution in [2.75, 3.05) is 18.0 Å². The number of piperidine rings is 1. The monoisotopic (exact) mass is 299 g/mol. The molecule has 0 amide bonds. The van der Waals surface area contributed by atoms with Gasteiger partial charge in [0.1, 0.15) is 0 Å². The van der Waals surface area contributed by atoms with E-state index in [9.17, 15) is 4.79 Å². The number of nitrogens with zero attached hydrogens (tertiary/aromatic N) is 3. The SMILES string of the molecule is CCCCc1cnc2c(N3CCC(C)CC3)cc(C=O)cn12. The molecule has 4 heteroatoms. The molecule has 2 aromatic rings. The van der Waals surface area contributed by atoms with E-state index >= 15 is 0 Å². The maximum absolute atomic E-state index is 11.3. The first-order valence-corrected chi connectivity index (χ1v) is 8.43. The molecule has 22 heavy (non-hydrogen) atoms. The Morgan fingerprint density at radius 3 is 2.82 bits per heavy atom. The summed E-state index contributed by atoms with van der Waals surface area (Å²) in [5.41, 5.74) is 4.04. The lowest BCUT2D eigenvalue weighted by Gasteiger charge is -2.32. The Morgan fingerprint density at radius 1 is 1.36 bits per heavy atom. The molecule has 1 aliphatic rings. The molecule has 0 radical (unpaired) electrons. The zero-order chi connectivity index (χ0) is 15.5.